The van der Waals surface area contributed by atoms with E-state index in [2.05, 4.69) is 0 Å². The predicted molar refractivity (Wildman–Crippen MR) is 72.5 cm³/mol. The van der Waals surface area contributed by atoms with Gasteiger partial charge in [0, 0.05) is 5.56 Å². The maximum absolute atomic E-state index is 13.2. The summed E-state index contributed by atoms with van der Waals surface area (Å²) in [6.45, 7) is 1.80. The number of aliphatic hydroxyl groups is 1. The Hall–Kier alpha value is -2.38. The first-order valence-corrected chi connectivity index (χ1v) is 6.19. The first kappa shape index (κ1) is 14.0. The van der Waals surface area contributed by atoms with E-state index in [0.717, 1.165) is 5.56 Å². The van der Waals surface area contributed by atoms with Gasteiger partial charge in [-0.15, -0.1) is 0 Å². The monoisotopic (exact) mass is 271 g/mol. The van der Waals surface area contributed by atoms with E-state index in [1.807, 2.05) is 6.07 Å². The van der Waals surface area contributed by atoms with Crippen molar-refractivity contribution in [3.8, 4) is 11.8 Å². The largest absolute Gasteiger partial charge is 0.489 e. The molecular formula is C16H14FNO2. The smallest absolute Gasteiger partial charge is 0.123 e. The van der Waals surface area contributed by atoms with Gasteiger partial charge in [0.15, 0.2) is 0 Å². The minimum absolute atomic E-state index is 0.120. The lowest BCUT2D eigenvalue weighted by atomic mass is 10.1. The molecule has 0 saturated carbocycles. The summed E-state index contributed by atoms with van der Waals surface area (Å²) in [4.78, 5) is 0. The van der Waals surface area contributed by atoms with Crippen molar-refractivity contribution in [1.82, 2.24) is 0 Å². The highest BCUT2D eigenvalue weighted by Gasteiger charge is 2.05. The van der Waals surface area contributed by atoms with Gasteiger partial charge in [-0.05, 0) is 42.8 Å². The Morgan fingerprint density at radius 2 is 1.95 bits per heavy atom. The van der Waals surface area contributed by atoms with Crippen molar-refractivity contribution in [3.05, 3.63) is 65.0 Å². The average molecular weight is 271 g/mol. The summed E-state index contributed by atoms with van der Waals surface area (Å²) < 4.78 is 18.7. The highest BCUT2D eigenvalue weighted by molar-refractivity contribution is 5.38. The number of aliphatic hydroxyl groups excluding tert-OH is 1. The molecule has 1 unspecified atom stereocenters. The zero-order chi connectivity index (χ0) is 14.5. The standard InChI is InChI=1S/C16H14FNO2/c1-11(19)12-3-6-16(7-4-12)20-10-14-8-15(17)5-2-13(14)9-18/h2-8,11,19H,10H2,1H3. The lowest BCUT2D eigenvalue weighted by molar-refractivity contribution is 0.199. The molecule has 0 aliphatic carbocycles. The fraction of sp³-hybridized carbons (Fsp3) is 0.188. The van der Waals surface area contributed by atoms with Crippen LogP contribution in [0.1, 0.15) is 29.7 Å². The normalized spacial score (nSPS) is 11.7. The Morgan fingerprint density at radius 3 is 2.55 bits per heavy atom. The maximum atomic E-state index is 13.2. The Kier molecular flexibility index (Phi) is 4.34. The van der Waals surface area contributed by atoms with Gasteiger partial charge in [-0.2, -0.15) is 5.26 Å². The van der Waals surface area contributed by atoms with Crippen LogP contribution in [-0.2, 0) is 6.61 Å². The second-order valence-corrected chi connectivity index (χ2v) is 4.45. The van der Waals surface area contributed by atoms with Crippen molar-refractivity contribution < 1.29 is 14.2 Å². The van der Waals surface area contributed by atoms with Gasteiger partial charge in [0.05, 0.1) is 17.7 Å². The Balaban J connectivity index is 2.09. The van der Waals surface area contributed by atoms with Gasteiger partial charge in [-0.1, -0.05) is 12.1 Å². The molecule has 0 bridgehead atoms. The minimum Gasteiger partial charge on any atom is -0.489 e. The summed E-state index contributed by atoms with van der Waals surface area (Å²) in [5.74, 6) is 0.203. The van der Waals surface area contributed by atoms with Crippen molar-refractivity contribution in [1.29, 1.82) is 5.26 Å². The van der Waals surface area contributed by atoms with Crippen molar-refractivity contribution in [2.24, 2.45) is 0 Å². The zero-order valence-corrected chi connectivity index (χ0v) is 11.0. The second-order valence-electron chi connectivity index (χ2n) is 4.45. The third-order valence-corrected chi connectivity index (χ3v) is 2.94. The molecule has 2 rings (SSSR count). The highest BCUT2D eigenvalue weighted by atomic mass is 19.1. The molecule has 0 aromatic heterocycles. The molecule has 20 heavy (non-hydrogen) atoms. The van der Waals surface area contributed by atoms with Crippen LogP contribution in [0.3, 0.4) is 0 Å². The summed E-state index contributed by atoms with van der Waals surface area (Å²) in [5.41, 5.74) is 1.69. The number of hydrogen-bond acceptors (Lipinski definition) is 3. The molecule has 0 radical (unpaired) electrons. The third-order valence-electron chi connectivity index (χ3n) is 2.94. The van der Waals surface area contributed by atoms with Crippen LogP contribution in [-0.4, -0.2) is 5.11 Å². The van der Waals surface area contributed by atoms with E-state index in [1.165, 1.54) is 18.2 Å². The fourth-order valence-electron chi connectivity index (χ4n) is 1.79. The quantitative estimate of drug-likeness (QED) is 0.928. The van der Waals surface area contributed by atoms with Gasteiger partial charge in [-0.25, -0.2) is 4.39 Å². The first-order chi connectivity index (χ1) is 9.60. The second kappa shape index (κ2) is 6.18. The van der Waals surface area contributed by atoms with Gasteiger partial charge in [0.2, 0.25) is 0 Å². The number of nitriles is 1. The zero-order valence-electron chi connectivity index (χ0n) is 11.0. The van der Waals surface area contributed by atoms with Gasteiger partial charge >= 0.3 is 0 Å². The number of ether oxygens (including phenoxy) is 1. The van der Waals surface area contributed by atoms with Crippen molar-refractivity contribution in [2.45, 2.75) is 19.6 Å². The van der Waals surface area contributed by atoms with Crippen LogP contribution in [0.4, 0.5) is 4.39 Å². The molecule has 4 heteroatoms. The number of rotatable bonds is 4. The topological polar surface area (TPSA) is 53.2 Å². The molecule has 0 aliphatic heterocycles. The molecule has 2 aromatic carbocycles. The van der Waals surface area contributed by atoms with Crippen LogP contribution in [0, 0.1) is 17.1 Å². The third kappa shape index (κ3) is 3.34. The van der Waals surface area contributed by atoms with Gasteiger partial charge < -0.3 is 9.84 Å². The Labute approximate surface area is 116 Å². The summed E-state index contributed by atoms with van der Waals surface area (Å²) in [6.07, 6.45) is -0.530. The number of halogens is 1. The van der Waals surface area contributed by atoms with Crippen LogP contribution >= 0.6 is 0 Å². The molecule has 102 valence electrons. The van der Waals surface area contributed by atoms with E-state index in [1.54, 1.807) is 31.2 Å². The molecule has 3 nitrogen and oxygen atoms in total. The van der Waals surface area contributed by atoms with Gasteiger partial charge in [0.1, 0.15) is 18.2 Å². The fourth-order valence-corrected chi connectivity index (χ4v) is 1.79. The van der Waals surface area contributed by atoms with E-state index < -0.39 is 11.9 Å². The predicted octanol–water partition coefficient (Wildman–Crippen LogP) is 3.33. The molecule has 0 spiro atoms. The lowest BCUT2D eigenvalue weighted by Crippen LogP contribution is -1.99. The minimum atomic E-state index is -0.530. The number of benzene rings is 2. The van der Waals surface area contributed by atoms with Crippen LogP contribution in [0.15, 0.2) is 42.5 Å². The molecule has 2 aromatic rings. The first-order valence-electron chi connectivity index (χ1n) is 6.19. The molecule has 0 saturated heterocycles. The Morgan fingerprint density at radius 1 is 1.25 bits per heavy atom. The van der Waals surface area contributed by atoms with Crippen molar-refractivity contribution in [2.75, 3.05) is 0 Å². The highest BCUT2D eigenvalue weighted by Crippen LogP contribution is 2.19. The summed E-state index contributed by atoms with van der Waals surface area (Å²) >= 11 is 0. The summed E-state index contributed by atoms with van der Waals surface area (Å²) in [7, 11) is 0. The van der Waals surface area contributed by atoms with E-state index >= 15 is 0 Å². The van der Waals surface area contributed by atoms with Crippen LogP contribution in [0.5, 0.6) is 5.75 Å². The van der Waals surface area contributed by atoms with Crippen LogP contribution < -0.4 is 4.74 Å². The molecule has 1 atom stereocenters. The van der Waals surface area contributed by atoms with E-state index in [-0.39, 0.29) is 6.61 Å². The molecule has 0 amide bonds. The molecule has 0 heterocycles. The van der Waals surface area contributed by atoms with Gasteiger partial charge in [0.25, 0.3) is 0 Å². The maximum Gasteiger partial charge on any atom is 0.123 e. The molecular weight excluding hydrogens is 257 g/mol. The Bertz CT molecular complexity index is 630. The lowest BCUT2D eigenvalue weighted by Gasteiger charge is -2.09. The van der Waals surface area contributed by atoms with Crippen molar-refractivity contribution in [3.63, 3.8) is 0 Å². The molecule has 0 aliphatic rings. The molecule has 1 N–H and O–H groups in total. The van der Waals surface area contributed by atoms with E-state index in [9.17, 15) is 9.50 Å². The SMILES string of the molecule is CC(O)c1ccc(OCc2cc(F)ccc2C#N)cc1. The molecule has 0 fully saturated rings. The average Bonchev–Trinajstić information content (AvgIpc) is 2.45. The van der Waals surface area contributed by atoms with E-state index in [0.29, 0.717) is 16.9 Å². The number of hydrogen-bond donors (Lipinski definition) is 1. The van der Waals surface area contributed by atoms with Crippen LogP contribution in [0.25, 0.3) is 0 Å². The number of nitrogens with zero attached hydrogens (tertiary/aromatic N) is 1. The van der Waals surface area contributed by atoms with E-state index in [4.69, 9.17) is 10.00 Å². The van der Waals surface area contributed by atoms with Crippen molar-refractivity contribution >= 4 is 0 Å². The van der Waals surface area contributed by atoms with Crippen LogP contribution in [0.2, 0.25) is 0 Å². The van der Waals surface area contributed by atoms with Gasteiger partial charge in [-0.3, -0.25) is 0 Å². The summed E-state index contributed by atoms with van der Waals surface area (Å²) in [6, 6.07) is 13.0. The summed E-state index contributed by atoms with van der Waals surface area (Å²) in [5, 5.41) is 18.4.